The number of hydrogen-bond donors (Lipinski definition) is 2. The van der Waals surface area contributed by atoms with Crippen LogP contribution in [-0.2, 0) is 4.74 Å². The lowest BCUT2D eigenvalue weighted by molar-refractivity contribution is -0.0191. The number of hydrogen-bond acceptors (Lipinski definition) is 5. The molecule has 0 aliphatic carbocycles. The van der Waals surface area contributed by atoms with Gasteiger partial charge in [0.25, 0.3) is 0 Å². The van der Waals surface area contributed by atoms with Crippen LogP contribution in [0.1, 0.15) is 13.8 Å². The third-order valence-electron chi connectivity index (χ3n) is 3.52. The van der Waals surface area contributed by atoms with Crippen LogP contribution in [0, 0.1) is 0 Å². The first kappa shape index (κ1) is 14.9. The van der Waals surface area contributed by atoms with E-state index in [9.17, 15) is 0 Å². The molecule has 1 aromatic rings. The van der Waals surface area contributed by atoms with Crippen molar-refractivity contribution in [1.82, 2.24) is 4.90 Å². The highest BCUT2D eigenvalue weighted by Gasteiger charge is 2.18. The Balaban J connectivity index is 1.88. The van der Waals surface area contributed by atoms with Crippen LogP contribution in [0.15, 0.2) is 18.2 Å². The Morgan fingerprint density at radius 2 is 2.30 bits per heavy atom. The average molecular weight is 279 g/mol. The van der Waals surface area contributed by atoms with Crippen molar-refractivity contribution in [2.45, 2.75) is 20.0 Å². The average Bonchev–Trinajstić information content (AvgIpc) is 2.48. The van der Waals surface area contributed by atoms with Crippen molar-refractivity contribution in [2.75, 3.05) is 50.4 Å². The summed E-state index contributed by atoms with van der Waals surface area (Å²) in [5.41, 5.74) is 7.55. The van der Waals surface area contributed by atoms with Gasteiger partial charge in [-0.1, -0.05) is 6.92 Å². The van der Waals surface area contributed by atoms with E-state index in [1.54, 1.807) is 0 Å². The van der Waals surface area contributed by atoms with Crippen LogP contribution in [0.4, 0.5) is 11.4 Å². The summed E-state index contributed by atoms with van der Waals surface area (Å²) >= 11 is 0. The zero-order valence-corrected chi connectivity index (χ0v) is 12.4. The molecular weight excluding hydrogens is 254 g/mol. The fraction of sp³-hybridized carbons (Fsp3) is 0.600. The molecule has 0 saturated carbocycles. The van der Waals surface area contributed by atoms with E-state index in [2.05, 4.69) is 17.1 Å². The Hall–Kier alpha value is -1.46. The van der Waals surface area contributed by atoms with Crippen molar-refractivity contribution in [3.63, 3.8) is 0 Å². The predicted molar refractivity (Wildman–Crippen MR) is 82.4 cm³/mol. The molecule has 1 aliphatic heterocycles. The molecule has 0 amide bonds. The zero-order chi connectivity index (χ0) is 14.4. The molecule has 1 aromatic carbocycles. The monoisotopic (exact) mass is 279 g/mol. The molecule has 0 radical (unpaired) electrons. The standard InChI is InChI=1S/C15H25N3O2/c1-3-18-7-8-20-13(11-18)10-17-12-5-6-14(16)15(9-12)19-4-2/h5-6,9,13,17H,3-4,7-8,10-11,16H2,1-2H3. The van der Waals surface area contributed by atoms with Crippen molar-refractivity contribution in [2.24, 2.45) is 0 Å². The lowest BCUT2D eigenvalue weighted by Gasteiger charge is -2.32. The number of nitrogens with one attached hydrogen (secondary N) is 1. The van der Waals surface area contributed by atoms with Gasteiger partial charge in [-0.15, -0.1) is 0 Å². The molecule has 20 heavy (non-hydrogen) atoms. The molecule has 112 valence electrons. The summed E-state index contributed by atoms with van der Waals surface area (Å²) in [4.78, 5) is 2.41. The van der Waals surface area contributed by atoms with E-state index in [0.29, 0.717) is 12.3 Å². The molecule has 5 nitrogen and oxygen atoms in total. The van der Waals surface area contributed by atoms with Gasteiger partial charge >= 0.3 is 0 Å². The first-order valence-electron chi connectivity index (χ1n) is 7.33. The number of likely N-dealkylation sites (N-methyl/N-ethyl adjacent to an activating group) is 1. The van der Waals surface area contributed by atoms with Gasteiger partial charge in [-0.2, -0.15) is 0 Å². The highest BCUT2D eigenvalue weighted by atomic mass is 16.5. The van der Waals surface area contributed by atoms with E-state index in [0.717, 1.165) is 44.2 Å². The topological polar surface area (TPSA) is 59.8 Å². The van der Waals surface area contributed by atoms with E-state index in [4.69, 9.17) is 15.2 Å². The van der Waals surface area contributed by atoms with Gasteiger partial charge in [0.2, 0.25) is 0 Å². The van der Waals surface area contributed by atoms with Gasteiger partial charge in [0, 0.05) is 31.4 Å². The first-order chi connectivity index (χ1) is 9.72. The van der Waals surface area contributed by atoms with Crippen LogP contribution in [0.25, 0.3) is 0 Å². The number of morpholine rings is 1. The van der Waals surface area contributed by atoms with Crippen LogP contribution >= 0.6 is 0 Å². The van der Waals surface area contributed by atoms with E-state index in [1.165, 1.54) is 0 Å². The second kappa shape index (κ2) is 7.36. The largest absolute Gasteiger partial charge is 0.492 e. The van der Waals surface area contributed by atoms with Gasteiger partial charge in [-0.3, -0.25) is 4.90 Å². The zero-order valence-electron chi connectivity index (χ0n) is 12.4. The highest BCUT2D eigenvalue weighted by Crippen LogP contribution is 2.25. The minimum Gasteiger partial charge on any atom is -0.492 e. The molecule has 3 N–H and O–H groups in total. The molecular formula is C15H25N3O2. The van der Waals surface area contributed by atoms with Crippen LogP contribution < -0.4 is 15.8 Å². The van der Waals surface area contributed by atoms with Gasteiger partial charge in [0.05, 0.1) is 25.0 Å². The lowest BCUT2D eigenvalue weighted by Crippen LogP contribution is -2.45. The molecule has 1 atom stereocenters. The Morgan fingerprint density at radius 3 is 3.05 bits per heavy atom. The molecule has 0 aromatic heterocycles. The van der Waals surface area contributed by atoms with Crippen LogP contribution in [0.2, 0.25) is 0 Å². The third kappa shape index (κ3) is 4.02. The summed E-state index contributed by atoms with van der Waals surface area (Å²) in [6, 6.07) is 5.78. The lowest BCUT2D eigenvalue weighted by atomic mass is 10.2. The van der Waals surface area contributed by atoms with Crippen LogP contribution in [-0.4, -0.2) is 50.4 Å². The van der Waals surface area contributed by atoms with Crippen LogP contribution in [0.5, 0.6) is 5.75 Å². The minimum absolute atomic E-state index is 0.233. The van der Waals surface area contributed by atoms with E-state index >= 15 is 0 Å². The molecule has 5 heteroatoms. The van der Waals surface area contributed by atoms with E-state index in [1.807, 2.05) is 25.1 Å². The van der Waals surface area contributed by atoms with Gasteiger partial charge in [0.1, 0.15) is 5.75 Å². The number of benzene rings is 1. The van der Waals surface area contributed by atoms with Gasteiger partial charge < -0.3 is 20.5 Å². The summed E-state index contributed by atoms with van der Waals surface area (Å²) in [7, 11) is 0. The minimum atomic E-state index is 0.233. The summed E-state index contributed by atoms with van der Waals surface area (Å²) in [6.07, 6.45) is 0.233. The van der Waals surface area contributed by atoms with Gasteiger partial charge in [-0.05, 0) is 25.6 Å². The van der Waals surface area contributed by atoms with Crippen LogP contribution in [0.3, 0.4) is 0 Å². The van der Waals surface area contributed by atoms with Gasteiger partial charge in [-0.25, -0.2) is 0 Å². The Bertz CT molecular complexity index is 426. The fourth-order valence-electron chi connectivity index (χ4n) is 2.35. The highest BCUT2D eigenvalue weighted by molar-refractivity contribution is 5.61. The SMILES string of the molecule is CCOc1cc(NCC2CN(CC)CCO2)ccc1N. The third-order valence-corrected chi connectivity index (χ3v) is 3.52. The number of anilines is 2. The first-order valence-corrected chi connectivity index (χ1v) is 7.33. The maximum atomic E-state index is 5.87. The molecule has 1 aliphatic rings. The molecule has 0 spiro atoms. The summed E-state index contributed by atoms with van der Waals surface area (Å²) < 4.78 is 11.3. The fourth-order valence-corrected chi connectivity index (χ4v) is 2.35. The normalized spacial score (nSPS) is 19.8. The molecule has 0 bridgehead atoms. The smallest absolute Gasteiger partial charge is 0.144 e. The number of nitrogen functional groups attached to an aromatic ring is 1. The summed E-state index contributed by atoms with van der Waals surface area (Å²) in [6.45, 7) is 9.46. The second-order valence-electron chi connectivity index (χ2n) is 4.95. The van der Waals surface area contributed by atoms with Crippen molar-refractivity contribution in [3.8, 4) is 5.75 Å². The number of nitrogens with zero attached hydrogens (tertiary/aromatic N) is 1. The Kier molecular flexibility index (Phi) is 5.49. The van der Waals surface area contributed by atoms with E-state index in [-0.39, 0.29) is 6.10 Å². The van der Waals surface area contributed by atoms with Crippen molar-refractivity contribution >= 4 is 11.4 Å². The maximum Gasteiger partial charge on any atom is 0.144 e. The molecule has 2 rings (SSSR count). The summed E-state index contributed by atoms with van der Waals surface area (Å²) in [5, 5.41) is 3.40. The Morgan fingerprint density at radius 1 is 1.45 bits per heavy atom. The summed E-state index contributed by atoms with van der Waals surface area (Å²) in [5.74, 6) is 0.734. The van der Waals surface area contributed by atoms with E-state index < -0.39 is 0 Å². The number of ether oxygens (including phenoxy) is 2. The molecule has 1 unspecified atom stereocenters. The van der Waals surface area contributed by atoms with Crippen molar-refractivity contribution in [3.05, 3.63) is 18.2 Å². The molecule has 1 heterocycles. The van der Waals surface area contributed by atoms with Crippen molar-refractivity contribution < 1.29 is 9.47 Å². The predicted octanol–water partition coefficient (Wildman–Crippen LogP) is 1.80. The van der Waals surface area contributed by atoms with Crippen molar-refractivity contribution in [1.29, 1.82) is 0 Å². The number of rotatable bonds is 6. The molecule has 1 fully saturated rings. The second-order valence-corrected chi connectivity index (χ2v) is 4.95. The molecule has 1 saturated heterocycles. The number of nitrogens with two attached hydrogens (primary N) is 1. The van der Waals surface area contributed by atoms with Gasteiger partial charge in [0.15, 0.2) is 0 Å². The maximum absolute atomic E-state index is 5.87. The Labute approximate surface area is 121 Å². The quantitative estimate of drug-likeness (QED) is 0.778.